The number of nitrogens with one attached hydrogen (secondary N) is 1. The molecule has 2 nitrogen and oxygen atoms in total. The number of benzene rings is 2. The maximum Gasteiger partial charge on any atom is 0.152 e. The van der Waals surface area contributed by atoms with Gasteiger partial charge >= 0.3 is 0 Å². The molecule has 0 heterocycles. The van der Waals surface area contributed by atoms with Gasteiger partial charge in [-0.15, -0.1) is 0 Å². The highest BCUT2D eigenvalue weighted by Crippen LogP contribution is 2.26. The van der Waals surface area contributed by atoms with Crippen LogP contribution in [0.15, 0.2) is 42.5 Å². The van der Waals surface area contributed by atoms with Crippen molar-refractivity contribution in [3.63, 3.8) is 0 Å². The van der Waals surface area contributed by atoms with E-state index < -0.39 is 11.6 Å². The summed E-state index contributed by atoms with van der Waals surface area (Å²) in [5.41, 5.74) is 1.20. The summed E-state index contributed by atoms with van der Waals surface area (Å²) in [7, 11) is 1.56. The topological polar surface area (TPSA) is 21.3 Å². The molecule has 0 radical (unpaired) electrons. The molecule has 106 valence electrons. The molecule has 0 saturated carbocycles. The lowest BCUT2D eigenvalue weighted by Crippen LogP contribution is -2.18. The van der Waals surface area contributed by atoms with Gasteiger partial charge in [-0.1, -0.05) is 36.4 Å². The fourth-order valence-electron chi connectivity index (χ4n) is 2.04. The molecule has 1 unspecified atom stereocenters. The molecule has 0 fully saturated rings. The van der Waals surface area contributed by atoms with Crippen molar-refractivity contribution in [1.29, 1.82) is 0 Å². The summed E-state index contributed by atoms with van der Waals surface area (Å²) in [5, 5.41) is 2.90. The van der Waals surface area contributed by atoms with Crippen molar-refractivity contribution in [1.82, 2.24) is 0 Å². The first-order valence-electron chi connectivity index (χ1n) is 6.38. The molecule has 2 aromatic rings. The Kier molecular flexibility index (Phi) is 4.69. The van der Waals surface area contributed by atoms with Crippen LogP contribution in [-0.2, 0) is 4.74 Å². The molecule has 0 bridgehead atoms. The van der Waals surface area contributed by atoms with Gasteiger partial charge in [0, 0.05) is 7.11 Å². The molecule has 1 N–H and O–H groups in total. The van der Waals surface area contributed by atoms with Gasteiger partial charge in [0.2, 0.25) is 0 Å². The number of ether oxygens (including phenoxy) is 1. The van der Waals surface area contributed by atoms with Gasteiger partial charge in [-0.2, -0.15) is 0 Å². The van der Waals surface area contributed by atoms with Crippen molar-refractivity contribution in [2.24, 2.45) is 0 Å². The second kappa shape index (κ2) is 6.48. The summed E-state index contributed by atoms with van der Waals surface area (Å²) in [6.45, 7) is 1.92. The highest BCUT2D eigenvalue weighted by atomic mass is 19.1. The molecule has 1 atom stereocenters. The number of hydrogen-bond donors (Lipinski definition) is 1. The third-order valence-electron chi connectivity index (χ3n) is 3.14. The minimum absolute atomic E-state index is 0.115. The van der Waals surface area contributed by atoms with Gasteiger partial charge in [0.1, 0.15) is 11.5 Å². The zero-order chi connectivity index (χ0) is 14.5. The predicted octanol–water partition coefficient (Wildman–Crippen LogP) is 4.07. The van der Waals surface area contributed by atoms with Crippen LogP contribution in [0.4, 0.5) is 14.5 Å². The maximum atomic E-state index is 14.0. The van der Waals surface area contributed by atoms with E-state index in [0.717, 1.165) is 5.56 Å². The summed E-state index contributed by atoms with van der Waals surface area (Å²) in [5.74, 6) is -1.17. The summed E-state index contributed by atoms with van der Waals surface area (Å²) in [6, 6.07) is 11.8. The molecule has 0 aliphatic rings. The molecule has 0 aliphatic carbocycles. The minimum atomic E-state index is -0.606. The molecule has 2 aromatic carbocycles. The van der Waals surface area contributed by atoms with Crippen LogP contribution < -0.4 is 5.32 Å². The van der Waals surface area contributed by atoms with Gasteiger partial charge in [0.15, 0.2) is 5.82 Å². The zero-order valence-corrected chi connectivity index (χ0v) is 11.5. The molecule has 0 aliphatic heterocycles. The number of anilines is 1. The van der Waals surface area contributed by atoms with E-state index in [1.165, 1.54) is 12.1 Å². The Morgan fingerprint density at radius 3 is 2.45 bits per heavy atom. The molecule has 20 heavy (non-hydrogen) atoms. The van der Waals surface area contributed by atoms with E-state index in [1.807, 2.05) is 30.3 Å². The second-order valence-corrected chi connectivity index (χ2v) is 4.62. The molecular weight excluding hydrogens is 260 g/mol. The van der Waals surface area contributed by atoms with E-state index in [-0.39, 0.29) is 11.7 Å². The highest BCUT2D eigenvalue weighted by molar-refractivity contribution is 5.50. The molecule has 4 heteroatoms. The number of rotatable bonds is 5. The van der Waals surface area contributed by atoms with Crippen molar-refractivity contribution in [3.8, 4) is 0 Å². The number of aryl methyl sites for hydroxylation is 1. The van der Waals surface area contributed by atoms with Crippen LogP contribution in [0.2, 0.25) is 0 Å². The number of halogens is 2. The van der Waals surface area contributed by atoms with Crippen molar-refractivity contribution < 1.29 is 13.5 Å². The van der Waals surface area contributed by atoms with Crippen LogP contribution >= 0.6 is 0 Å². The first-order valence-corrected chi connectivity index (χ1v) is 6.38. The Balaban J connectivity index is 2.32. The summed E-state index contributed by atoms with van der Waals surface area (Å²) < 4.78 is 33.0. The number of hydrogen-bond acceptors (Lipinski definition) is 2. The second-order valence-electron chi connectivity index (χ2n) is 4.62. The average Bonchev–Trinajstić information content (AvgIpc) is 2.47. The van der Waals surface area contributed by atoms with Crippen LogP contribution in [-0.4, -0.2) is 13.7 Å². The van der Waals surface area contributed by atoms with E-state index in [2.05, 4.69) is 5.32 Å². The van der Waals surface area contributed by atoms with Gasteiger partial charge in [-0.25, -0.2) is 8.78 Å². The van der Waals surface area contributed by atoms with E-state index in [9.17, 15) is 8.78 Å². The number of methoxy groups -OCH3 is 1. The fourth-order valence-corrected chi connectivity index (χ4v) is 2.04. The summed E-state index contributed by atoms with van der Waals surface area (Å²) in [4.78, 5) is 0. The van der Waals surface area contributed by atoms with Crippen molar-refractivity contribution >= 4 is 5.69 Å². The van der Waals surface area contributed by atoms with Crippen LogP contribution in [0.25, 0.3) is 0 Å². The van der Waals surface area contributed by atoms with Gasteiger partial charge < -0.3 is 10.1 Å². The normalized spacial score (nSPS) is 12.2. The van der Waals surface area contributed by atoms with Crippen LogP contribution in [0.1, 0.15) is 17.2 Å². The van der Waals surface area contributed by atoms with Gasteiger partial charge in [0.25, 0.3) is 0 Å². The molecule has 0 aromatic heterocycles. The lowest BCUT2D eigenvalue weighted by Gasteiger charge is -2.21. The summed E-state index contributed by atoms with van der Waals surface area (Å²) in [6.07, 6.45) is 0. The molecule has 0 spiro atoms. The Morgan fingerprint density at radius 1 is 1.10 bits per heavy atom. The average molecular weight is 277 g/mol. The highest BCUT2D eigenvalue weighted by Gasteiger charge is 2.17. The predicted molar refractivity (Wildman–Crippen MR) is 75.8 cm³/mol. The van der Waals surface area contributed by atoms with Crippen LogP contribution in [0, 0.1) is 18.6 Å². The maximum absolute atomic E-state index is 14.0. The molecular formula is C16H17F2NO. The van der Waals surface area contributed by atoms with Crippen molar-refractivity contribution in [3.05, 3.63) is 65.2 Å². The largest absolute Gasteiger partial charge is 0.382 e. The Morgan fingerprint density at radius 2 is 1.80 bits per heavy atom. The van der Waals surface area contributed by atoms with E-state index in [4.69, 9.17) is 4.74 Å². The standard InChI is InChI=1S/C16H17F2NO/c1-11-8-9-13(17)16(15(11)18)19-14(10-20-2)12-6-4-3-5-7-12/h3-9,14,19H,10H2,1-2H3. The van der Waals surface area contributed by atoms with E-state index in [0.29, 0.717) is 12.2 Å². The van der Waals surface area contributed by atoms with Crippen molar-refractivity contribution in [2.45, 2.75) is 13.0 Å². The Labute approximate surface area is 117 Å². The Bertz CT molecular complexity index is 572. The quantitative estimate of drug-likeness (QED) is 0.889. The van der Waals surface area contributed by atoms with Gasteiger partial charge in [-0.05, 0) is 24.1 Å². The lowest BCUT2D eigenvalue weighted by atomic mass is 10.1. The van der Waals surface area contributed by atoms with Gasteiger partial charge in [0.05, 0.1) is 12.6 Å². The lowest BCUT2D eigenvalue weighted by molar-refractivity contribution is 0.186. The smallest absolute Gasteiger partial charge is 0.152 e. The monoisotopic (exact) mass is 277 g/mol. The Hall–Kier alpha value is -1.94. The third kappa shape index (κ3) is 3.14. The zero-order valence-electron chi connectivity index (χ0n) is 11.5. The van der Waals surface area contributed by atoms with Crippen molar-refractivity contribution in [2.75, 3.05) is 19.0 Å². The molecule has 0 amide bonds. The summed E-state index contributed by atoms with van der Waals surface area (Å²) >= 11 is 0. The van der Waals surface area contributed by atoms with Crippen LogP contribution in [0.5, 0.6) is 0 Å². The SMILES string of the molecule is COCC(Nc1c(F)ccc(C)c1F)c1ccccc1. The van der Waals surface area contributed by atoms with Crippen LogP contribution in [0.3, 0.4) is 0 Å². The first kappa shape index (κ1) is 14.5. The molecule has 0 saturated heterocycles. The third-order valence-corrected chi connectivity index (χ3v) is 3.14. The van der Waals surface area contributed by atoms with E-state index in [1.54, 1.807) is 14.0 Å². The first-order chi connectivity index (χ1) is 9.63. The minimum Gasteiger partial charge on any atom is -0.382 e. The van der Waals surface area contributed by atoms with E-state index >= 15 is 0 Å². The molecule has 2 rings (SSSR count). The fraction of sp³-hybridized carbons (Fsp3) is 0.250. The van der Waals surface area contributed by atoms with Gasteiger partial charge in [-0.3, -0.25) is 0 Å².